The lowest BCUT2D eigenvalue weighted by atomic mass is 9.93. The number of nitrogens with zero attached hydrogens (tertiary/aromatic N) is 1. The minimum atomic E-state index is -3.65. The van der Waals surface area contributed by atoms with Crippen molar-refractivity contribution in [3.8, 4) is 5.75 Å². The summed E-state index contributed by atoms with van der Waals surface area (Å²) in [7, 11) is -2.03. The Morgan fingerprint density at radius 3 is 2.33 bits per heavy atom. The number of carbonyl (C=O) groups excluding carboxylic acids is 1. The van der Waals surface area contributed by atoms with Crippen LogP contribution in [0.5, 0.6) is 5.75 Å². The van der Waals surface area contributed by atoms with Gasteiger partial charge in [0, 0.05) is 24.6 Å². The van der Waals surface area contributed by atoms with Gasteiger partial charge in [-0.15, -0.1) is 0 Å². The predicted molar refractivity (Wildman–Crippen MR) is 127 cm³/mol. The molecule has 1 aliphatic heterocycles. The van der Waals surface area contributed by atoms with Crippen LogP contribution in [-0.4, -0.2) is 38.8 Å². The number of halogens is 1. The van der Waals surface area contributed by atoms with Crippen LogP contribution in [0.25, 0.3) is 0 Å². The Kier molecular flexibility index (Phi) is 8.48. The molecule has 180 valence electrons. The normalized spacial score (nSPS) is 16.5. The quantitative estimate of drug-likeness (QED) is 0.586. The van der Waals surface area contributed by atoms with Gasteiger partial charge in [0.2, 0.25) is 15.9 Å². The van der Waals surface area contributed by atoms with E-state index in [1.165, 1.54) is 22.5 Å². The van der Waals surface area contributed by atoms with Gasteiger partial charge in [0.05, 0.1) is 18.9 Å². The Hall–Kier alpha value is -2.45. The van der Waals surface area contributed by atoms with Crippen LogP contribution < -0.4 is 10.1 Å². The lowest BCUT2D eigenvalue weighted by Gasteiger charge is -2.32. The Balaban J connectivity index is 1.60. The monoisotopic (exact) mass is 476 g/mol. The van der Waals surface area contributed by atoms with Crippen molar-refractivity contribution in [1.82, 2.24) is 9.62 Å². The zero-order valence-corrected chi connectivity index (χ0v) is 20.3. The van der Waals surface area contributed by atoms with Crippen molar-refractivity contribution in [2.24, 2.45) is 11.8 Å². The molecule has 0 spiro atoms. The second-order valence-electron chi connectivity index (χ2n) is 8.98. The molecule has 33 heavy (non-hydrogen) atoms. The largest absolute Gasteiger partial charge is 0.497 e. The molecule has 3 rings (SSSR count). The predicted octanol–water partition coefficient (Wildman–Crippen LogP) is 4.28. The molecule has 1 N–H and O–H groups in total. The summed E-state index contributed by atoms with van der Waals surface area (Å²) in [4.78, 5) is 13.0. The summed E-state index contributed by atoms with van der Waals surface area (Å²) in [5.41, 5.74) is 1.18. The SMILES string of the molecule is COc1ccc([C@H](CC(C)C)NC(=O)C2CCN(S(=O)(=O)Cc3ccccc3F)CC2)cc1. The van der Waals surface area contributed by atoms with Crippen molar-refractivity contribution in [3.63, 3.8) is 0 Å². The van der Waals surface area contributed by atoms with Gasteiger partial charge in [-0.25, -0.2) is 17.1 Å². The van der Waals surface area contributed by atoms with Gasteiger partial charge in [-0.05, 0) is 48.9 Å². The van der Waals surface area contributed by atoms with Crippen LogP contribution in [-0.2, 0) is 20.6 Å². The zero-order chi connectivity index (χ0) is 24.0. The van der Waals surface area contributed by atoms with Gasteiger partial charge >= 0.3 is 0 Å². The molecule has 1 saturated heterocycles. The van der Waals surface area contributed by atoms with Gasteiger partial charge in [-0.3, -0.25) is 4.79 Å². The maximum atomic E-state index is 13.9. The fourth-order valence-corrected chi connectivity index (χ4v) is 5.75. The molecule has 0 aliphatic carbocycles. The maximum absolute atomic E-state index is 13.9. The third-order valence-corrected chi connectivity index (χ3v) is 7.88. The Bertz CT molecular complexity index is 1030. The maximum Gasteiger partial charge on any atom is 0.223 e. The molecule has 8 heteroatoms. The summed E-state index contributed by atoms with van der Waals surface area (Å²) in [6.07, 6.45) is 1.69. The average Bonchev–Trinajstić information content (AvgIpc) is 2.80. The van der Waals surface area contributed by atoms with Crippen LogP contribution in [0.1, 0.15) is 50.3 Å². The first-order valence-corrected chi connectivity index (χ1v) is 13.0. The van der Waals surface area contributed by atoms with Crippen LogP contribution in [0, 0.1) is 17.7 Å². The first kappa shape index (κ1) is 25.2. The van der Waals surface area contributed by atoms with Crippen molar-refractivity contribution >= 4 is 15.9 Å². The number of ether oxygens (including phenoxy) is 1. The molecule has 1 amide bonds. The van der Waals surface area contributed by atoms with Gasteiger partial charge in [-0.2, -0.15) is 0 Å². The Morgan fingerprint density at radius 2 is 1.76 bits per heavy atom. The minimum absolute atomic E-state index is 0.0531. The summed E-state index contributed by atoms with van der Waals surface area (Å²) >= 11 is 0. The summed E-state index contributed by atoms with van der Waals surface area (Å²) in [5.74, 6) is -0.0459. The van der Waals surface area contributed by atoms with Gasteiger partial charge in [0.1, 0.15) is 11.6 Å². The van der Waals surface area contributed by atoms with Crippen molar-refractivity contribution in [2.75, 3.05) is 20.2 Å². The van der Waals surface area contributed by atoms with Crippen LogP contribution in [0.2, 0.25) is 0 Å². The number of piperidine rings is 1. The summed E-state index contributed by atoms with van der Waals surface area (Å²) in [5, 5.41) is 3.18. The second kappa shape index (κ2) is 11.1. The molecule has 1 aliphatic rings. The van der Waals surface area contributed by atoms with E-state index in [0.717, 1.165) is 17.7 Å². The zero-order valence-electron chi connectivity index (χ0n) is 19.5. The molecule has 1 atom stereocenters. The Morgan fingerprint density at radius 1 is 1.12 bits per heavy atom. The summed E-state index contributed by atoms with van der Waals surface area (Å²) < 4.78 is 46.0. The van der Waals surface area contributed by atoms with Gasteiger partial charge in [0.15, 0.2) is 0 Å². The molecule has 0 saturated carbocycles. The Labute approximate surface area is 196 Å². The number of rotatable bonds is 9. The molecule has 6 nitrogen and oxygen atoms in total. The first-order valence-electron chi connectivity index (χ1n) is 11.3. The van der Waals surface area contributed by atoms with E-state index in [0.29, 0.717) is 18.8 Å². The van der Waals surface area contributed by atoms with Crippen molar-refractivity contribution in [3.05, 3.63) is 65.5 Å². The average molecular weight is 477 g/mol. The number of carbonyl (C=O) groups is 1. The van der Waals surface area contributed by atoms with E-state index in [4.69, 9.17) is 4.74 Å². The van der Waals surface area contributed by atoms with E-state index in [-0.39, 0.29) is 42.3 Å². The van der Waals surface area contributed by atoms with Crippen LogP contribution in [0.4, 0.5) is 4.39 Å². The smallest absolute Gasteiger partial charge is 0.223 e. The lowest BCUT2D eigenvalue weighted by molar-refractivity contribution is -0.127. The van der Waals surface area contributed by atoms with Crippen LogP contribution in [0.3, 0.4) is 0 Å². The molecule has 0 aromatic heterocycles. The second-order valence-corrected chi connectivity index (χ2v) is 11.0. The van der Waals surface area contributed by atoms with Gasteiger partial charge in [0.25, 0.3) is 0 Å². The molecule has 2 aromatic rings. The molecule has 2 aromatic carbocycles. The van der Waals surface area contributed by atoms with Crippen LogP contribution in [0.15, 0.2) is 48.5 Å². The van der Waals surface area contributed by atoms with E-state index < -0.39 is 15.8 Å². The standard InChI is InChI=1S/C25H33FN2O4S/c1-18(2)16-24(19-8-10-22(32-3)11-9-19)27-25(29)20-12-14-28(15-13-20)33(30,31)17-21-6-4-5-7-23(21)26/h4-11,18,20,24H,12-17H2,1-3H3,(H,27,29)/t24-/m0/s1. The molecule has 1 fully saturated rings. The number of methoxy groups -OCH3 is 1. The topological polar surface area (TPSA) is 75.7 Å². The number of hydrogen-bond acceptors (Lipinski definition) is 4. The van der Waals surface area contributed by atoms with E-state index in [9.17, 15) is 17.6 Å². The number of benzene rings is 2. The number of nitrogens with one attached hydrogen (secondary N) is 1. The molecule has 0 unspecified atom stereocenters. The van der Waals surface area contributed by atoms with Crippen molar-refractivity contribution < 1.29 is 22.3 Å². The number of hydrogen-bond donors (Lipinski definition) is 1. The van der Waals surface area contributed by atoms with Gasteiger partial charge in [-0.1, -0.05) is 44.2 Å². The highest BCUT2D eigenvalue weighted by Gasteiger charge is 2.32. The fraction of sp³-hybridized carbons (Fsp3) is 0.480. The van der Waals surface area contributed by atoms with Crippen molar-refractivity contribution in [1.29, 1.82) is 0 Å². The minimum Gasteiger partial charge on any atom is -0.497 e. The molecule has 0 radical (unpaired) electrons. The van der Waals surface area contributed by atoms with Crippen LogP contribution >= 0.6 is 0 Å². The van der Waals surface area contributed by atoms with Gasteiger partial charge < -0.3 is 10.1 Å². The third kappa shape index (κ3) is 6.77. The highest BCUT2D eigenvalue weighted by Crippen LogP contribution is 2.27. The number of sulfonamides is 1. The molecular formula is C25H33FN2O4S. The van der Waals surface area contributed by atoms with E-state index in [2.05, 4.69) is 19.2 Å². The number of amides is 1. The first-order chi connectivity index (χ1) is 15.7. The van der Waals surface area contributed by atoms with E-state index in [1.54, 1.807) is 13.2 Å². The van der Waals surface area contributed by atoms with Crippen molar-refractivity contribution in [2.45, 2.75) is 44.9 Å². The lowest BCUT2D eigenvalue weighted by Crippen LogP contribution is -2.44. The summed E-state index contributed by atoms with van der Waals surface area (Å²) in [6.45, 7) is 4.74. The molecule has 1 heterocycles. The highest BCUT2D eigenvalue weighted by atomic mass is 32.2. The van der Waals surface area contributed by atoms with E-state index in [1.807, 2.05) is 24.3 Å². The fourth-order valence-electron chi connectivity index (χ4n) is 4.17. The molecular weight excluding hydrogens is 443 g/mol. The van der Waals surface area contributed by atoms with E-state index >= 15 is 0 Å². The molecule has 0 bridgehead atoms. The third-order valence-electron chi connectivity index (χ3n) is 6.06. The highest BCUT2D eigenvalue weighted by molar-refractivity contribution is 7.88. The summed E-state index contributed by atoms with van der Waals surface area (Å²) in [6, 6.07) is 13.5.